The average Bonchev–Trinajstić information content (AvgIpc) is 3.29. The van der Waals surface area contributed by atoms with Crippen molar-refractivity contribution in [1.29, 1.82) is 0 Å². The molecule has 0 bridgehead atoms. The Balaban J connectivity index is 0.000000343. The van der Waals surface area contributed by atoms with Crippen LogP contribution in [0.25, 0.3) is 0 Å². The lowest BCUT2D eigenvalue weighted by Gasteiger charge is -2.14. The summed E-state index contributed by atoms with van der Waals surface area (Å²) < 4.78 is 68.8. The lowest BCUT2D eigenvalue weighted by atomic mass is 10.2. The smallest absolute Gasteiger partial charge is 0.475 e. The number of alkyl halides is 6. The van der Waals surface area contributed by atoms with Crippen molar-refractivity contribution < 1.29 is 56.0 Å². The molecular formula is C18H20F6N4O6. The summed E-state index contributed by atoms with van der Waals surface area (Å²) in [7, 11) is 0. The Hall–Kier alpha value is -3.24. The van der Waals surface area contributed by atoms with Crippen molar-refractivity contribution in [2.45, 2.75) is 38.6 Å². The average molecular weight is 502 g/mol. The molecule has 4 N–H and O–H groups in total. The zero-order chi connectivity index (χ0) is 25.9. The highest BCUT2D eigenvalue weighted by molar-refractivity contribution is 5.73. The van der Waals surface area contributed by atoms with Crippen LogP contribution in [0.5, 0.6) is 0 Å². The number of carboxylic acids is 2. The van der Waals surface area contributed by atoms with Gasteiger partial charge in [0, 0.05) is 31.4 Å². The molecular weight excluding hydrogens is 482 g/mol. The lowest BCUT2D eigenvalue weighted by molar-refractivity contribution is -0.193. The fourth-order valence-electron chi connectivity index (χ4n) is 2.45. The van der Waals surface area contributed by atoms with Crippen LogP contribution in [0.15, 0.2) is 24.4 Å². The number of hydrogen-bond acceptors (Lipinski definition) is 7. The Bertz CT molecular complexity index is 896. The van der Waals surface area contributed by atoms with Gasteiger partial charge in [-0.1, -0.05) is 6.07 Å². The van der Waals surface area contributed by atoms with Gasteiger partial charge >= 0.3 is 24.3 Å². The van der Waals surface area contributed by atoms with E-state index >= 15 is 0 Å². The van der Waals surface area contributed by atoms with E-state index in [1.807, 2.05) is 24.4 Å². The molecule has 0 radical (unpaired) electrons. The third kappa shape index (κ3) is 10.1. The van der Waals surface area contributed by atoms with Gasteiger partial charge < -0.3 is 20.1 Å². The number of rotatable bonds is 6. The third-order valence-corrected chi connectivity index (χ3v) is 3.87. The SMILES string of the molecule is O=C(O)C(F)(F)F.O=C(O)C(F)(F)F.OCCOCc1n[nH]c2c1CN(Cc1ccccn1)C2. The zero-order valence-corrected chi connectivity index (χ0v) is 17.2. The number of aliphatic carboxylic acids is 2. The number of pyridine rings is 1. The van der Waals surface area contributed by atoms with Crippen LogP contribution < -0.4 is 0 Å². The van der Waals surface area contributed by atoms with Crippen molar-refractivity contribution in [3.8, 4) is 0 Å². The maximum Gasteiger partial charge on any atom is 0.490 e. The second kappa shape index (κ2) is 12.9. The topological polar surface area (TPSA) is 149 Å². The fourth-order valence-corrected chi connectivity index (χ4v) is 2.45. The first kappa shape index (κ1) is 28.8. The van der Waals surface area contributed by atoms with Crippen molar-refractivity contribution in [2.24, 2.45) is 0 Å². The molecule has 1 aliphatic rings. The molecule has 0 spiro atoms. The number of halogens is 6. The summed E-state index contributed by atoms with van der Waals surface area (Å²) in [5, 5.41) is 30.3. The van der Waals surface area contributed by atoms with Crippen LogP contribution in [0.2, 0.25) is 0 Å². The molecule has 3 rings (SSSR count). The van der Waals surface area contributed by atoms with Gasteiger partial charge in [0.05, 0.1) is 36.9 Å². The predicted molar refractivity (Wildman–Crippen MR) is 99.9 cm³/mol. The quantitative estimate of drug-likeness (QED) is 0.344. The molecule has 0 aliphatic carbocycles. The molecule has 34 heavy (non-hydrogen) atoms. The van der Waals surface area contributed by atoms with E-state index in [1.54, 1.807) is 0 Å². The van der Waals surface area contributed by atoms with E-state index in [4.69, 9.17) is 29.6 Å². The van der Waals surface area contributed by atoms with Gasteiger partial charge in [0.25, 0.3) is 0 Å². The summed E-state index contributed by atoms with van der Waals surface area (Å²) in [5.74, 6) is -5.51. The van der Waals surface area contributed by atoms with Gasteiger partial charge in [-0.15, -0.1) is 0 Å². The standard InChI is InChI=1S/C14H18N4O2.2C2HF3O2/c19-5-6-20-10-14-12-8-18(9-13(12)16-17-14)7-11-3-1-2-4-15-11;2*3-2(4,5)1(6)7/h1-4,19H,5-10H2,(H,16,17);2*(H,6,7). The second-order valence-corrected chi connectivity index (χ2v) is 6.48. The Kier molecular flexibility index (Phi) is 10.9. The number of aromatic nitrogens is 3. The van der Waals surface area contributed by atoms with Crippen LogP contribution in [0, 0.1) is 0 Å². The number of hydrogen-bond donors (Lipinski definition) is 4. The highest BCUT2D eigenvalue weighted by atomic mass is 19.4. The van der Waals surface area contributed by atoms with E-state index in [0.29, 0.717) is 13.2 Å². The fraction of sp³-hybridized carbons (Fsp3) is 0.444. The Labute approximate surface area is 187 Å². The molecule has 190 valence electrons. The van der Waals surface area contributed by atoms with Gasteiger partial charge in [-0.05, 0) is 12.1 Å². The first-order chi connectivity index (χ1) is 15.8. The number of carbonyl (C=O) groups is 2. The highest BCUT2D eigenvalue weighted by Crippen LogP contribution is 2.25. The van der Waals surface area contributed by atoms with Crippen molar-refractivity contribution in [2.75, 3.05) is 13.2 Å². The molecule has 0 aromatic carbocycles. The van der Waals surface area contributed by atoms with Crippen molar-refractivity contribution in [3.63, 3.8) is 0 Å². The monoisotopic (exact) mass is 502 g/mol. The molecule has 0 atom stereocenters. The van der Waals surface area contributed by atoms with Crippen LogP contribution in [0.1, 0.15) is 22.6 Å². The number of aliphatic hydroxyl groups is 1. The number of aromatic amines is 1. The molecule has 0 amide bonds. The molecule has 3 heterocycles. The summed E-state index contributed by atoms with van der Waals surface area (Å²) in [4.78, 5) is 24.5. The van der Waals surface area contributed by atoms with E-state index in [-0.39, 0.29) is 6.61 Å². The van der Waals surface area contributed by atoms with Crippen molar-refractivity contribution >= 4 is 11.9 Å². The Morgan fingerprint density at radius 2 is 1.65 bits per heavy atom. The number of H-pyrrole nitrogens is 1. The van der Waals surface area contributed by atoms with Gasteiger partial charge in [-0.3, -0.25) is 15.0 Å². The first-order valence-electron chi connectivity index (χ1n) is 9.21. The van der Waals surface area contributed by atoms with E-state index in [2.05, 4.69) is 20.1 Å². The number of ether oxygens (including phenoxy) is 1. The Morgan fingerprint density at radius 1 is 1.06 bits per heavy atom. The highest BCUT2D eigenvalue weighted by Gasteiger charge is 2.38. The summed E-state index contributed by atoms with van der Waals surface area (Å²) in [5.41, 5.74) is 4.39. The normalized spacial score (nSPS) is 13.3. The molecule has 0 fully saturated rings. The van der Waals surface area contributed by atoms with Gasteiger partial charge in [0.15, 0.2) is 0 Å². The van der Waals surface area contributed by atoms with Crippen LogP contribution >= 0.6 is 0 Å². The van der Waals surface area contributed by atoms with E-state index in [0.717, 1.165) is 36.7 Å². The second-order valence-electron chi connectivity index (χ2n) is 6.48. The minimum Gasteiger partial charge on any atom is -0.475 e. The molecule has 0 saturated heterocycles. The van der Waals surface area contributed by atoms with Gasteiger partial charge in [-0.25, -0.2) is 9.59 Å². The summed E-state index contributed by atoms with van der Waals surface area (Å²) in [6.07, 6.45) is -8.35. The van der Waals surface area contributed by atoms with Crippen LogP contribution in [-0.2, 0) is 40.6 Å². The lowest BCUT2D eigenvalue weighted by Crippen LogP contribution is -2.21. The van der Waals surface area contributed by atoms with E-state index in [9.17, 15) is 26.3 Å². The largest absolute Gasteiger partial charge is 0.490 e. The van der Waals surface area contributed by atoms with Gasteiger partial charge in [-0.2, -0.15) is 31.4 Å². The number of aliphatic hydroxyl groups excluding tert-OH is 1. The van der Waals surface area contributed by atoms with Gasteiger partial charge in [0.2, 0.25) is 0 Å². The summed E-state index contributed by atoms with van der Waals surface area (Å²) in [6, 6.07) is 5.97. The summed E-state index contributed by atoms with van der Waals surface area (Å²) >= 11 is 0. The Morgan fingerprint density at radius 3 is 2.12 bits per heavy atom. The van der Waals surface area contributed by atoms with Crippen LogP contribution in [-0.4, -0.2) is 72.9 Å². The number of nitrogens with one attached hydrogen (secondary N) is 1. The number of carboxylic acid groups (broad SMARTS) is 2. The van der Waals surface area contributed by atoms with Crippen LogP contribution in [0.4, 0.5) is 26.3 Å². The third-order valence-electron chi connectivity index (χ3n) is 3.87. The minimum atomic E-state index is -5.08. The number of fused-ring (bicyclic) bond motifs is 1. The maximum absolute atomic E-state index is 10.6. The van der Waals surface area contributed by atoms with E-state index < -0.39 is 24.3 Å². The summed E-state index contributed by atoms with van der Waals surface area (Å²) in [6.45, 7) is 3.39. The van der Waals surface area contributed by atoms with Crippen molar-refractivity contribution in [3.05, 3.63) is 47.0 Å². The molecule has 1 aliphatic heterocycles. The zero-order valence-electron chi connectivity index (χ0n) is 17.2. The number of nitrogens with zero attached hydrogens (tertiary/aromatic N) is 3. The molecule has 0 saturated carbocycles. The first-order valence-corrected chi connectivity index (χ1v) is 9.21. The molecule has 0 unspecified atom stereocenters. The molecule has 10 nitrogen and oxygen atoms in total. The van der Waals surface area contributed by atoms with Crippen LogP contribution in [0.3, 0.4) is 0 Å². The predicted octanol–water partition coefficient (Wildman–Crippen LogP) is 2.10. The maximum atomic E-state index is 10.6. The van der Waals surface area contributed by atoms with Gasteiger partial charge in [0.1, 0.15) is 0 Å². The molecule has 16 heteroatoms. The molecule has 2 aromatic rings. The van der Waals surface area contributed by atoms with E-state index in [1.165, 1.54) is 5.56 Å². The minimum absolute atomic E-state index is 0.0401. The van der Waals surface area contributed by atoms with Crippen molar-refractivity contribution in [1.82, 2.24) is 20.1 Å². The molecule has 2 aromatic heterocycles.